The fourth-order valence-electron chi connectivity index (χ4n) is 1.84. The predicted octanol–water partition coefficient (Wildman–Crippen LogP) is 3.30. The zero-order valence-electron chi connectivity index (χ0n) is 13.0. The van der Waals surface area contributed by atoms with Gasteiger partial charge in [0.25, 0.3) is 0 Å². The van der Waals surface area contributed by atoms with Gasteiger partial charge in [-0.3, -0.25) is 0 Å². The topological polar surface area (TPSA) is 44.5 Å². The molecule has 0 heterocycles. The van der Waals surface area contributed by atoms with Crippen LogP contribution in [0.5, 0.6) is 5.75 Å². The van der Waals surface area contributed by atoms with Gasteiger partial charge >= 0.3 is 0 Å². The summed E-state index contributed by atoms with van der Waals surface area (Å²) in [6.45, 7) is 7.02. The molecule has 5 heteroatoms. The molecule has 0 aromatic heterocycles. The Morgan fingerprint density at radius 1 is 1.14 bits per heavy atom. The maximum Gasteiger partial charge on any atom is 0.190 e. The minimum absolute atomic E-state index is 0.0972. The third-order valence-electron chi connectivity index (χ3n) is 3.01. The summed E-state index contributed by atoms with van der Waals surface area (Å²) in [4.78, 5) is 0. The lowest BCUT2D eigenvalue weighted by atomic mass is 10.0. The Kier molecular flexibility index (Phi) is 7.61. The number of benzene rings is 1. The van der Waals surface area contributed by atoms with Crippen LogP contribution < -0.4 is 10.5 Å². The first-order valence-electron chi connectivity index (χ1n) is 7.38. The fourth-order valence-corrected chi connectivity index (χ4v) is 1.84. The first-order chi connectivity index (χ1) is 9.93. The van der Waals surface area contributed by atoms with Crippen molar-refractivity contribution in [2.75, 3.05) is 19.8 Å². The van der Waals surface area contributed by atoms with Gasteiger partial charge in [-0.05, 0) is 36.5 Å². The van der Waals surface area contributed by atoms with E-state index in [1.807, 2.05) is 20.8 Å². The number of hydrogen-bond acceptors (Lipinski definition) is 3. The lowest BCUT2D eigenvalue weighted by Crippen LogP contribution is -2.21. The Morgan fingerprint density at radius 2 is 1.76 bits per heavy atom. The van der Waals surface area contributed by atoms with E-state index in [2.05, 4.69) is 0 Å². The van der Waals surface area contributed by atoms with E-state index < -0.39 is 11.6 Å². The minimum atomic E-state index is -0.697. The number of nitrogens with two attached hydrogens (primary N) is 1. The van der Waals surface area contributed by atoms with Gasteiger partial charge in [-0.2, -0.15) is 0 Å². The third kappa shape index (κ3) is 6.40. The number of rotatable bonds is 9. The summed E-state index contributed by atoms with van der Waals surface area (Å²) >= 11 is 0. The van der Waals surface area contributed by atoms with Crippen LogP contribution in [0.3, 0.4) is 0 Å². The average Bonchev–Trinajstić information content (AvgIpc) is 2.40. The van der Waals surface area contributed by atoms with Gasteiger partial charge in [0.2, 0.25) is 0 Å². The van der Waals surface area contributed by atoms with Crippen molar-refractivity contribution in [1.29, 1.82) is 0 Å². The van der Waals surface area contributed by atoms with E-state index in [-0.39, 0.29) is 18.4 Å². The highest BCUT2D eigenvalue weighted by atomic mass is 19.1. The molecule has 1 rings (SSSR count). The molecule has 1 atom stereocenters. The fraction of sp³-hybridized carbons (Fsp3) is 0.625. The Labute approximate surface area is 125 Å². The summed E-state index contributed by atoms with van der Waals surface area (Å²) in [6.07, 6.45) is 1.21. The molecule has 0 aliphatic carbocycles. The van der Waals surface area contributed by atoms with Crippen molar-refractivity contribution in [3.05, 3.63) is 29.3 Å². The van der Waals surface area contributed by atoms with Crippen molar-refractivity contribution in [3.8, 4) is 5.75 Å². The SMILES string of the molecule is CCC(N)Cc1cc(F)c(OCCOCC(C)C)c(F)c1. The summed E-state index contributed by atoms with van der Waals surface area (Å²) in [5.41, 5.74) is 6.33. The van der Waals surface area contributed by atoms with Crippen molar-refractivity contribution in [2.24, 2.45) is 11.7 Å². The van der Waals surface area contributed by atoms with Crippen molar-refractivity contribution in [3.63, 3.8) is 0 Å². The molecule has 21 heavy (non-hydrogen) atoms. The van der Waals surface area contributed by atoms with Gasteiger partial charge in [0.15, 0.2) is 17.4 Å². The number of halogens is 2. The van der Waals surface area contributed by atoms with E-state index in [9.17, 15) is 8.78 Å². The largest absolute Gasteiger partial charge is 0.485 e. The normalized spacial score (nSPS) is 12.7. The maximum absolute atomic E-state index is 13.9. The summed E-state index contributed by atoms with van der Waals surface area (Å²) in [6, 6.07) is 2.46. The van der Waals surface area contributed by atoms with Crippen LogP contribution in [0, 0.1) is 17.6 Å². The van der Waals surface area contributed by atoms with Gasteiger partial charge in [0.05, 0.1) is 6.61 Å². The Hall–Kier alpha value is -1.20. The third-order valence-corrected chi connectivity index (χ3v) is 3.01. The Balaban J connectivity index is 2.55. The molecular weight excluding hydrogens is 276 g/mol. The van der Waals surface area contributed by atoms with Crippen LogP contribution in [-0.2, 0) is 11.2 Å². The molecular formula is C16H25F2NO2. The highest BCUT2D eigenvalue weighted by Crippen LogP contribution is 2.24. The molecule has 0 aliphatic heterocycles. The van der Waals surface area contributed by atoms with Gasteiger partial charge in [-0.1, -0.05) is 20.8 Å². The smallest absolute Gasteiger partial charge is 0.190 e. The van der Waals surface area contributed by atoms with Crippen LogP contribution in [0.1, 0.15) is 32.8 Å². The van der Waals surface area contributed by atoms with E-state index in [1.165, 1.54) is 12.1 Å². The van der Waals surface area contributed by atoms with Gasteiger partial charge < -0.3 is 15.2 Å². The van der Waals surface area contributed by atoms with Crippen LogP contribution in [0.4, 0.5) is 8.78 Å². The zero-order valence-corrected chi connectivity index (χ0v) is 13.0. The molecule has 0 aliphatic rings. The highest BCUT2D eigenvalue weighted by molar-refractivity contribution is 5.31. The van der Waals surface area contributed by atoms with Crippen molar-refractivity contribution in [1.82, 2.24) is 0 Å². The minimum Gasteiger partial charge on any atom is -0.485 e. The van der Waals surface area contributed by atoms with Gasteiger partial charge in [0.1, 0.15) is 6.61 Å². The standard InChI is InChI=1S/C16H25F2NO2/c1-4-13(19)7-12-8-14(17)16(15(18)9-12)21-6-5-20-10-11(2)3/h8-9,11,13H,4-7,10,19H2,1-3H3. The summed E-state index contributed by atoms with van der Waals surface area (Å²) in [7, 11) is 0. The second-order valence-electron chi connectivity index (χ2n) is 5.58. The monoisotopic (exact) mass is 301 g/mol. The quantitative estimate of drug-likeness (QED) is 0.712. The summed E-state index contributed by atoms with van der Waals surface area (Å²) in [5, 5.41) is 0. The molecule has 0 saturated carbocycles. The summed E-state index contributed by atoms with van der Waals surface area (Å²) in [5.74, 6) is -1.33. The van der Waals surface area contributed by atoms with Crippen molar-refractivity contribution >= 4 is 0 Å². The second kappa shape index (κ2) is 8.95. The van der Waals surface area contributed by atoms with Gasteiger partial charge in [0, 0.05) is 12.6 Å². The molecule has 1 aromatic carbocycles. The van der Waals surface area contributed by atoms with Crippen molar-refractivity contribution < 1.29 is 18.3 Å². The lowest BCUT2D eigenvalue weighted by Gasteiger charge is -2.13. The molecule has 1 unspecified atom stereocenters. The first kappa shape index (κ1) is 17.9. The van der Waals surface area contributed by atoms with Crippen LogP contribution in [-0.4, -0.2) is 25.9 Å². The lowest BCUT2D eigenvalue weighted by molar-refractivity contribution is 0.0795. The molecule has 2 N–H and O–H groups in total. The summed E-state index contributed by atoms with van der Waals surface area (Å²) < 4.78 is 38.1. The molecule has 0 fully saturated rings. The van der Waals surface area contributed by atoms with Crippen LogP contribution in [0.15, 0.2) is 12.1 Å². The number of ether oxygens (including phenoxy) is 2. The Morgan fingerprint density at radius 3 is 2.29 bits per heavy atom. The second-order valence-corrected chi connectivity index (χ2v) is 5.58. The molecule has 0 saturated heterocycles. The first-order valence-corrected chi connectivity index (χ1v) is 7.38. The molecule has 0 radical (unpaired) electrons. The Bertz CT molecular complexity index is 415. The molecule has 120 valence electrons. The van der Waals surface area contributed by atoms with E-state index in [4.69, 9.17) is 15.2 Å². The average molecular weight is 301 g/mol. The maximum atomic E-state index is 13.9. The van der Waals surface area contributed by atoms with Gasteiger partial charge in [-0.15, -0.1) is 0 Å². The molecule has 3 nitrogen and oxygen atoms in total. The van der Waals surface area contributed by atoms with Crippen LogP contribution >= 0.6 is 0 Å². The van der Waals surface area contributed by atoms with E-state index in [0.29, 0.717) is 31.1 Å². The van der Waals surface area contributed by atoms with E-state index >= 15 is 0 Å². The van der Waals surface area contributed by atoms with Crippen LogP contribution in [0.25, 0.3) is 0 Å². The number of hydrogen-bond donors (Lipinski definition) is 1. The zero-order chi connectivity index (χ0) is 15.8. The molecule has 1 aromatic rings. The molecule has 0 amide bonds. The molecule has 0 spiro atoms. The van der Waals surface area contributed by atoms with Gasteiger partial charge in [-0.25, -0.2) is 8.78 Å². The predicted molar refractivity (Wildman–Crippen MR) is 79.5 cm³/mol. The molecule has 0 bridgehead atoms. The van der Waals surface area contributed by atoms with E-state index in [1.54, 1.807) is 0 Å². The highest BCUT2D eigenvalue weighted by Gasteiger charge is 2.14. The van der Waals surface area contributed by atoms with E-state index in [0.717, 1.165) is 6.42 Å². The van der Waals surface area contributed by atoms with Crippen LogP contribution in [0.2, 0.25) is 0 Å². The van der Waals surface area contributed by atoms with Crippen molar-refractivity contribution in [2.45, 2.75) is 39.7 Å².